The van der Waals surface area contributed by atoms with Crippen molar-refractivity contribution in [3.63, 3.8) is 0 Å². The quantitative estimate of drug-likeness (QED) is 0.884. The van der Waals surface area contributed by atoms with Crippen LogP contribution in [-0.2, 0) is 19.9 Å². The molecule has 0 aliphatic rings. The second kappa shape index (κ2) is 5.27. The van der Waals surface area contributed by atoms with Crippen molar-refractivity contribution in [3.8, 4) is 0 Å². The van der Waals surface area contributed by atoms with Crippen LogP contribution in [0.25, 0.3) is 0 Å². The van der Waals surface area contributed by atoms with Crippen molar-refractivity contribution in [3.05, 3.63) is 41.2 Å². The molecule has 96 valence electrons. The number of aryl methyl sites for hydroxylation is 3. The summed E-state index contributed by atoms with van der Waals surface area (Å²) in [6, 6.07) is 1.90. The van der Waals surface area contributed by atoms with Gasteiger partial charge in [0.15, 0.2) is 0 Å². The molecule has 0 saturated heterocycles. The zero-order chi connectivity index (χ0) is 13.1. The van der Waals surface area contributed by atoms with E-state index in [1.807, 2.05) is 37.7 Å². The second-order valence-corrected chi connectivity index (χ2v) is 4.42. The van der Waals surface area contributed by atoms with E-state index in [-0.39, 0.29) is 0 Å². The van der Waals surface area contributed by atoms with Gasteiger partial charge in [0.1, 0.15) is 5.82 Å². The summed E-state index contributed by atoms with van der Waals surface area (Å²) in [6.07, 6.45) is 4.27. The minimum atomic E-state index is -0.588. The molecule has 2 aromatic rings. The van der Waals surface area contributed by atoms with Gasteiger partial charge in [-0.3, -0.25) is 0 Å². The number of aliphatic hydroxyl groups excluding tert-OH is 1. The molecule has 0 spiro atoms. The van der Waals surface area contributed by atoms with E-state index in [1.165, 1.54) is 0 Å². The standard InChI is InChI=1S/C13H18N4O/c1-4-11-10(7-9(2)15-16-11)12(18)8-13-14-5-6-17(13)3/h5-7,12,18H,4,8H2,1-3H3. The van der Waals surface area contributed by atoms with E-state index in [4.69, 9.17) is 0 Å². The first-order valence-electron chi connectivity index (χ1n) is 6.09. The van der Waals surface area contributed by atoms with E-state index in [1.54, 1.807) is 6.20 Å². The van der Waals surface area contributed by atoms with Crippen LogP contribution in [0.5, 0.6) is 0 Å². The van der Waals surface area contributed by atoms with Crippen molar-refractivity contribution in [2.24, 2.45) is 7.05 Å². The number of hydrogen-bond acceptors (Lipinski definition) is 4. The van der Waals surface area contributed by atoms with Gasteiger partial charge in [-0.25, -0.2) is 4.98 Å². The third kappa shape index (κ3) is 2.56. The van der Waals surface area contributed by atoms with Crippen LogP contribution in [0.2, 0.25) is 0 Å². The molecule has 2 rings (SSSR count). The molecule has 18 heavy (non-hydrogen) atoms. The summed E-state index contributed by atoms with van der Waals surface area (Å²) in [5.74, 6) is 0.860. The van der Waals surface area contributed by atoms with Crippen LogP contribution >= 0.6 is 0 Å². The first kappa shape index (κ1) is 12.7. The molecule has 0 aliphatic heterocycles. The van der Waals surface area contributed by atoms with Crippen LogP contribution in [0.15, 0.2) is 18.5 Å². The first-order chi connectivity index (χ1) is 8.61. The smallest absolute Gasteiger partial charge is 0.111 e. The van der Waals surface area contributed by atoms with Crippen molar-refractivity contribution in [2.75, 3.05) is 0 Å². The molecule has 0 amide bonds. The molecule has 2 heterocycles. The van der Waals surface area contributed by atoms with Crippen molar-refractivity contribution < 1.29 is 5.11 Å². The third-order valence-corrected chi connectivity index (χ3v) is 3.02. The van der Waals surface area contributed by atoms with Crippen molar-refractivity contribution in [1.82, 2.24) is 19.7 Å². The average molecular weight is 246 g/mol. The fraction of sp³-hybridized carbons (Fsp3) is 0.462. The van der Waals surface area contributed by atoms with Gasteiger partial charge in [0.05, 0.1) is 17.5 Å². The molecular weight excluding hydrogens is 228 g/mol. The Morgan fingerprint density at radius 3 is 2.78 bits per heavy atom. The van der Waals surface area contributed by atoms with E-state index >= 15 is 0 Å². The lowest BCUT2D eigenvalue weighted by Crippen LogP contribution is -2.11. The third-order valence-electron chi connectivity index (χ3n) is 3.02. The lowest BCUT2D eigenvalue weighted by Gasteiger charge is -2.14. The van der Waals surface area contributed by atoms with Crippen molar-refractivity contribution in [2.45, 2.75) is 32.8 Å². The Balaban J connectivity index is 2.25. The lowest BCUT2D eigenvalue weighted by atomic mass is 10.0. The maximum Gasteiger partial charge on any atom is 0.111 e. The van der Waals surface area contributed by atoms with Crippen LogP contribution in [0, 0.1) is 6.92 Å². The van der Waals surface area contributed by atoms with Gasteiger partial charge in [0.25, 0.3) is 0 Å². The van der Waals surface area contributed by atoms with Crippen LogP contribution in [-0.4, -0.2) is 24.9 Å². The predicted molar refractivity (Wildman–Crippen MR) is 68.0 cm³/mol. The Morgan fingerprint density at radius 1 is 1.39 bits per heavy atom. The number of aromatic nitrogens is 4. The zero-order valence-electron chi connectivity index (χ0n) is 11.0. The minimum absolute atomic E-state index is 0.488. The summed E-state index contributed by atoms with van der Waals surface area (Å²) >= 11 is 0. The fourth-order valence-electron chi connectivity index (χ4n) is 1.97. The van der Waals surface area contributed by atoms with E-state index in [2.05, 4.69) is 15.2 Å². The predicted octanol–water partition coefficient (Wildman–Crippen LogP) is 1.36. The lowest BCUT2D eigenvalue weighted by molar-refractivity contribution is 0.173. The van der Waals surface area contributed by atoms with Crippen molar-refractivity contribution in [1.29, 1.82) is 0 Å². The molecule has 2 aromatic heterocycles. The Kier molecular flexibility index (Phi) is 3.72. The highest BCUT2D eigenvalue weighted by atomic mass is 16.3. The maximum atomic E-state index is 10.3. The molecule has 5 nitrogen and oxygen atoms in total. The molecule has 1 unspecified atom stereocenters. The Morgan fingerprint density at radius 2 is 2.17 bits per heavy atom. The van der Waals surface area contributed by atoms with Gasteiger partial charge in [-0.1, -0.05) is 6.92 Å². The topological polar surface area (TPSA) is 63.8 Å². The van der Waals surface area contributed by atoms with Gasteiger partial charge in [-0.05, 0) is 19.4 Å². The van der Waals surface area contributed by atoms with Gasteiger partial charge in [0, 0.05) is 31.4 Å². The summed E-state index contributed by atoms with van der Waals surface area (Å²) in [5.41, 5.74) is 2.52. The van der Waals surface area contributed by atoms with Crippen LogP contribution in [0.4, 0.5) is 0 Å². The van der Waals surface area contributed by atoms with Gasteiger partial charge in [-0.15, -0.1) is 0 Å². The van der Waals surface area contributed by atoms with E-state index < -0.39 is 6.10 Å². The normalized spacial score (nSPS) is 12.7. The molecule has 0 bridgehead atoms. The maximum absolute atomic E-state index is 10.3. The molecular formula is C13H18N4O. The molecule has 0 aliphatic carbocycles. The first-order valence-corrected chi connectivity index (χ1v) is 6.09. The molecule has 0 fully saturated rings. The monoisotopic (exact) mass is 246 g/mol. The molecule has 0 radical (unpaired) electrons. The number of hydrogen-bond donors (Lipinski definition) is 1. The Hall–Kier alpha value is -1.75. The molecule has 0 saturated carbocycles. The summed E-state index contributed by atoms with van der Waals surface area (Å²) in [4.78, 5) is 4.23. The van der Waals surface area contributed by atoms with Gasteiger partial charge in [0.2, 0.25) is 0 Å². The van der Waals surface area contributed by atoms with Crippen LogP contribution < -0.4 is 0 Å². The average Bonchev–Trinajstić information content (AvgIpc) is 2.75. The van der Waals surface area contributed by atoms with Gasteiger partial charge < -0.3 is 9.67 Å². The molecule has 1 N–H and O–H groups in total. The highest BCUT2D eigenvalue weighted by molar-refractivity contribution is 5.24. The number of nitrogens with zero attached hydrogens (tertiary/aromatic N) is 4. The van der Waals surface area contributed by atoms with E-state index in [9.17, 15) is 5.11 Å². The molecule has 1 atom stereocenters. The van der Waals surface area contributed by atoms with E-state index in [0.717, 1.165) is 29.2 Å². The summed E-state index contributed by atoms with van der Waals surface area (Å²) < 4.78 is 1.91. The van der Waals surface area contributed by atoms with Gasteiger partial charge in [-0.2, -0.15) is 10.2 Å². The Bertz CT molecular complexity index is 536. The summed E-state index contributed by atoms with van der Waals surface area (Å²) in [6.45, 7) is 3.89. The number of imidazole rings is 1. The van der Waals surface area contributed by atoms with Crippen LogP contribution in [0.1, 0.15) is 35.8 Å². The SMILES string of the molecule is CCc1nnc(C)cc1C(O)Cc1nccn1C. The van der Waals surface area contributed by atoms with Crippen molar-refractivity contribution >= 4 is 0 Å². The van der Waals surface area contributed by atoms with E-state index in [0.29, 0.717) is 6.42 Å². The zero-order valence-corrected chi connectivity index (χ0v) is 11.0. The summed E-state index contributed by atoms with van der Waals surface area (Å²) in [7, 11) is 1.92. The second-order valence-electron chi connectivity index (χ2n) is 4.42. The highest BCUT2D eigenvalue weighted by Gasteiger charge is 2.16. The largest absolute Gasteiger partial charge is 0.388 e. The number of aliphatic hydroxyl groups is 1. The van der Waals surface area contributed by atoms with Gasteiger partial charge >= 0.3 is 0 Å². The Labute approximate surface area is 107 Å². The highest BCUT2D eigenvalue weighted by Crippen LogP contribution is 2.20. The van der Waals surface area contributed by atoms with Crippen LogP contribution in [0.3, 0.4) is 0 Å². The molecule has 5 heteroatoms. The summed E-state index contributed by atoms with van der Waals surface area (Å²) in [5, 5.41) is 18.5. The molecule has 0 aromatic carbocycles. The minimum Gasteiger partial charge on any atom is -0.388 e. The fourth-order valence-corrected chi connectivity index (χ4v) is 1.97. The number of rotatable bonds is 4.